The van der Waals surface area contributed by atoms with Crippen molar-refractivity contribution in [1.82, 2.24) is 10.6 Å². The number of fused-ring (bicyclic) bond motifs is 1. The van der Waals surface area contributed by atoms with Gasteiger partial charge >= 0.3 is 5.97 Å². The first-order valence-electron chi connectivity index (χ1n) is 6.54. The first-order chi connectivity index (χ1) is 8.84. The molecular formula is C13H20N2O4. The molecule has 2 fully saturated rings. The smallest absolute Gasteiger partial charge is 0.331 e. The number of nitrogens with one attached hydrogen (secondary N) is 2. The van der Waals surface area contributed by atoms with Crippen molar-refractivity contribution >= 4 is 17.8 Å². The van der Waals surface area contributed by atoms with E-state index in [0.29, 0.717) is 12.8 Å². The lowest BCUT2D eigenvalue weighted by Crippen LogP contribution is -2.71. The van der Waals surface area contributed by atoms with Crippen molar-refractivity contribution < 1.29 is 19.1 Å². The molecule has 0 aromatic heterocycles. The van der Waals surface area contributed by atoms with E-state index in [0.717, 1.165) is 12.8 Å². The molecule has 2 amide bonds. The van der Waals surface area contributed by atoms with Crippen molar-refractivity contribution in [2.75, 3.05) is 7.11 Å². The van der Waals surface area contributed by atoms with Gasteiger partial charge in [0.2, 0.25) is 11.8 Å². The summed E-state index contributed by atoms with van der Waals surface area (Å²) in [7, 11) is 1.33. The average Bonchev–Trinajstić information content (AvgIpc) is 2.71. The number of piperidine rings is 1. The number of carbonyl (C=O) groups excluding carboxylic acids is 3. The molecule has 0 aromatic rings. The van der Waals surface area contributed by atoms with Crippen LogP contribution in [0.25, 0.3) is 0 Å². The van der Waals surface area contributed by atoms with Gasteiger partial charge in [0.1, 0.15) is 11.1 Å². The van der Waals surface area contributed by atoms with Gasteiger partial charge in [-0.3, -0.25) is 9.59 Å². The Balaban J connectivity index is 2.28. The molecule has 106 valence electrons. The van der Waals surface area contributed by atoms with Gasteiger partial charge in [-0.25, -0.2) is 4.79 Å². The minimum absolute atomic E-state index is 0.00880. The van der Waals surface area contributed by atoms with Gasteiger partial charge < -0.3 is 15.4 Å². The fourth-order valence-electron chi connectivity index (χ4n) is 3.44. The van der Waals surface area contributed by atoms with Crippen molar-refractivity contribution in [3.05, 3.63) is 0 Å². The molecule has 0 unspecified atom stereocenters. The normalized spacial score (nSPS) is 37.2. The standard InChI is InChI=1S/C13H20N2O4/c1-8(16)14-12(2)7-9-5-4-6-13(9,11(18)19-3)15-10(12)17/h9H,4-7H2,1-3H3,(H,14,16)(H,15,17)/t9-,12-,13-/m1/s1. The number of hydrogen-bond acceptors (Lipinski definition) is 4. The Hall–Kier alpha value is -1.59. The maximum absolute atomic E-state index is 12.3. The summed E-state index contributed by atoms with van der Waals surface area (Å²) in [5.41, 5.74) is -1.85. The van der Waals surface area contributed by atoms with E-state index in [-0.39, 0.29) is 23.7 Å². The first kappa shape index (κ1) is 13.8. The highest BCUT2D eigenvalue weighted by molar-refractivity contribution is 5.97. The quantitative estimate of drug-likeness (QED) is 0.696. The first-order valence-corrected chi connectivity index (χ1v) is 6.54. The molecule has 0 radical (unpaired) electrons. The third-order valence-electron chi connectivity index (χ3n) is 4.31. The molecular weight excluding hydrogens is 248 g/mol. The predicted molar refractivity (Wildman–Crippen MR) is 67.1 cm³/mol. The zero-order valence-corrected chi connectivity index (χ0v) is 11.5. The van der Waals surface area contributed by atoms with E-state index >= 15 is 0 Å². The SMILES string of the molecule is COC(=O)[C@@]12CCC[C@@H]1C[C@@](C)(NC(C)=O)C(=O)N2. The number of carbonyl (C=O) groups is 3. The molecule has 2 N–H and O–H groups in total. The van der Waals surface area contributed by atoms with E-state index in [1.165, 1.54) is 14.0 Å². The number of rotatable bonds is 2. The minimum Gasteiger partial charge on any atom is -0.467 e. The summed E-state index contributed by atoms with van der Waals surface area (Å²) in [5, 5.41) is 5.50. The van der Waals surface area contributed by atoms with Crippen LogP contribution in [-0.4, -0.2) is 36.0 Å². The van der Waals surface area contributed by atoms with Crippen molar-refractivity contribution in [2.45, 2.75) is 50.6 Å². The van der Waals surface area contributed by atoms with Crippen LogP contribution >= 0.6 is 0 Å². The number of ether oxygens (including phenoxy) is 1. The van der Waals surface area contributed by atoms with Gasteiger partial charge in [0, 0.05) is 6.92 Å². The maximum atomic E-state index is 12.3. The Morgan fingerprint density at radius 2 is 2.16 bits per heavy atom. The molecule has 19 heavy (non-hydrogen) atoms. The molecule has 1 aliphatic carbocycles. The molecule has 1 aliphatic heterocycles. The molecule has 6 nitrogen and oxygen atoms in total. The fraction of sp³-hybridized carbons (Fsp3) is 0.769. The van der Waals surface area contributed by atoms with E-state index < -0.39 is 11.1 Å². The van der Waals surface area contributed by atoms with Crippen LogP contribution in [0.15, 0.2) is 0 Å². The van der Waals surface area contributed by atoms with E-state index in [9.17, 15) is 14.4 Å². The molecule has 1 heterocycles. The molecule has 2 rings (SSSR count). The van der Waals surface area contributed by atoms with E-state index in [1.54, 1.807) is 6.92 Å². The molecule has 3 atom stereocenters. The third-order valence-corrected chi connectivity index (χ3v) is 4.31. The fourth-order valence-corrected chi connectivity index (χ4v) is 3.44. The summed E-state index contributed by atoms with van der Waals surface area (Å²) >= 11 is 0. The van der Waals surface area contributed by atoms with Crippen LogP contribution < -0.4 is 10.6 Å². The zero-order valence-electron chi connectivity index (χ0n) is 11.5. The van der Waals surface area contributed by atoms with Gasteiger partial charge in [0.15, 0.2) is 0 Å². The van der Waals surface area contributed by atoms with E-state index in [4.69, 9.17) is 4.74 Å². The average molecular weight is 268 g/mol. The Kier molecular flexibility index (Phi) is 3.28. The summed E-state index contributed by atoms with van der Waals surface area (Å²) < 4.78 is 4.85. The summed E-state index contributed by atoms with van der Waals surface area (Å²) in [6.07, 6.45) is 2.79. The van der Waals surface area contributed by atoms with Crippen LogP contribution in [0.4, 0.5) is 0 Å². The highest BCUT2D eigenvalue weighted by Gasteiger charge is 2.58. The van der Waals surface area contributed by atoms with Gasteiger partial charge in [-0.05, 0) is 32.1 Å². The van der Waals surface area contributed by atoms with Crippen molar-refractivity contribution in [1.29, 1.82) is 0 Å². The van der Waals surface area contributed by atoms with Crippen LogP contribution in [-0.2, 0) is 19.1 Å². The Bertz CT molecular complexity index is 436. The van der Waals surface area contributed by atoms with Gasteiger partial charge in [0.25, 0.3) is 0 Å². The number of esters is 1. The summed E-state index contributed by atoms with van der Waals surface area (Å²) in [4.78, 5) is 35.6. The molecule has 1 saturated heterocycles. The minimum atomic E-state index is -0.946. The van der Waals surface area contributed by atoms with Gasteiger partial charge in [-0.15, -0.1) is 0 Å². The predicted octanol–water partition coefficient (Wildman–Crippen LogP) is 0.113. The summed E-state index contributed by atoms with van der Waals surface area (Å²) in [6, 6.07) is 0. The Morgan fingerprint density at radius 3 is 2.74 bits per heavy atom. The van der Waals surface area contributed by atoms with Crippen LogP contribution in [0, 0.1) is 5.92 Å². The monoisotopic (exact) mass is 268 g/mol. The van der Waals surface area contributed by atoms with Gasteiger partial charge in [0.05, 0.1) is 7.11 Å². The van der Waals surface area contributed by atoms with E-state index in [2.05, 4.69) is 10.6 Å². The molecule has 2 aliphatic rings. The number of amides is 2. The Morgan fingerprint density at radius 1 is 1.47 bits per heavy atom. The van der Waals surface area contributed by atoms with Gasteiger partial charge in [-0.1, -0.05) is 6.42 Å². The zero-order chi connectivity index (χ0) is 14.3. The molecule has 0 bridgehead atoms. The summed E-state index contributed by atoms with van der Waals surface area (Å²) in [5.74, 6) is -0.935. The number of hydrogen-bond donors (Lipinski definition) is 2. The Labute approximate surface area is 112 Å². The highest BCUT2D eigenvalue weighted by Crippen LogP contribution is 2.44. The van der Waals surface area contributed by atoms with Crippen LogP contribution in [0.3, 0.4) is 0 Å². The molecule has 1 saturated carbocycles. The third kappa shape index (κ3) is 2.09. The number of methoxy groups -OCH3 is 1. The molecule has 6 heteroatoms. The van der Waals surface area contributed by atoms with Gasteiger partial charge in [-0.2, -0.15) is 0 Å². The second kappa shape index (κ2) is 4.51. The second-order valence-electron chi connectivity index (χ2n) is 5.72. The van der Waals surface area contributed by atoms with Crippen molar-refractivity contribution in [3.63, 3.8) is 0 Å². The molecule has 0 aromatic carbocycles. The van der Waals surface area contributed by atoms with E-state index in [1.807, 2.05) is 0 Å². The summed E-state index contributed by atoms with van der Waals surface area (Å²) in [6.45, 7) is 3.08. The largest absolute Gasteiger partial charge is 0.467 e. The van der Waals surface area contributed by atoms with Crippen molar-refractivity contribution in [2.24, 2.45) is 5.92 Å². The lowest BCUT2D eigenvalue weighted by Gasteiger charge is -2.45. The second-order valence-corrected chi connectivity index (χ2v) is 5.72. The van der Waals surface area contributed by atoms with Crippen LogP contribution in [0.5, 0.6) is 0 Å². The van der Waals surface area contributed by atoms with Crippen LogP contribution in [0.1, 0.15) is 39.5 Å². The lowest BCUT2D eigenvalue weighted by atomic mass is 9.73. The maximum Gasteiger partial charge on any atom is 0.331 e. The van der Waals surface area contributed by atoms with Crippen molar-refractivity contribution in [3.8, 4) is 0 Å². The molecule has 0 spiro atoms. The topological polar surface area (TPSA) is 84.5 Å². The highest BCUT2D eigenvalue weighted by atomic mass is 16.5. The van der Waals surface area contributed by atoms with Crippen LogP contribution in [0.2, 0.25) is 0 Å². The lowest BCUT2D eigenvalue weighted by molar-refractivity contribution is -0.158.